The van der Waals surface area contributed by atoms with Crippen molar-refractivity contribution in [3.05, 3.63) is 59.7 Å². The van der Waals surface area contributed by atoms with Gasteiger partial charge < -0.3 is 20.3 Å². The maximum Gasteiger partial charge on any atom is 0.387 e. The van der Waals surface area contributed by atoms with Gasteiger partial charge in [0.05, 0.1) is 6.54 Å². The van der Waals surface area contributed by atoms with E-state index in [4.69, 9.17) is 0 Å². The van der Waals surface area contributed by atoms with Crippen LogP contribution in [0.1, 0.15) is 17.5 Å². The first-order valence-electron chi connectivity index (χ1n) is 9.44. The second kappa shape index (κ2) is 11.7. The third-order valence-electron chi connectivity index (χ3n) is 4.68. The number of rotatable bonds is 6. The Hall–Kier alpha value is -2.43. The van der Waals surface area contributed by atoms with E-state index in [9.17, 15) is 13.6 Å². The van der Waals surface area contributed by atoms with E-state index in [0.29, 0.717) is 18.1 Å². The molecule has 1 heterocycles. The molecule has 0 aromatic heterocycles. The molecule has 0 bridgehead atoms. The van der Waals surface area contributed by atoms with E-state index < -0.39 is 6.61 Å². The zero-order chi connectivity index (χ0) is 20.6. The summed E-state index contributed by atoms with van der Waals surface area (Å²) >= 11 is 0. The number of nitrogens with zero attached hydrogens (tertiary/aromatic N) is 2. The molecule has 3 rings (SSSR count). The number of carbonyl (C=O) groups excluding carboxylic acids is 1. The summed E-state index contributed by atoms with van der Waals surface area (Å²) in [6.45, 7) is -1.91. The number of hydrogen-bond donors (Lipinski definition) is 2. The summed E-state index contributed by atoms with van der Waals surface area (Å²) in [6, 6.07) is 14.4. The van der Waals surface area contributed by atoms with Gasteiger partial charge in [0.2, 0.25) is 5.91 Å². The van der Waals surface area contributed by atoms with Crippen molar-refractivity contribution in [2.45, 2.75) is 26.0 Å². The normalized spacial score (nSPS) is 13.3. The van der Waals surface area contributed by atoms with Crippen molar-refractivity contribution >= 4 is 41.5 Å². The highest BCUT2D eigenvalue weighted by molar-refractivity contribution is 14.0. The number of fused-ring (bicyclic) bond motifs is 1. The number of anilines is 1. The fourth-order valence-corrected chi connectivity index (χ4v) is 3.31. The maximum absolute atomic E-state index is 12.7. The van der Waals surface area contributed by atoms with Crippen molar-refractivity contribution in [1.29, 1.82) is 0 Å². The lowest BCUT2D eigenvalue weighted by atomic mass is 10.0. The number of alkyl halides is 2. The summed E-state index contributed by atoms with van der Waals surface area (Å²) in [5.74, 6) is 0.448. The monoisotopic (exact) mass is 530 g/mol. The van der Waals surface area contributed by atoms with E-state index in [0.717, 1.165) is 18.5 Å². The fraction of sp³-hybridized carbons (Fsp3) is 0.333. The zero-order valence-electron chi connectivity index (χ0n) is 16.6. The van der Waals surface area contributed by atoms with Crippen LogP contribution in [0.25, 0.3) is 0 Å². The van der Waals surface area contributed by atoms with Crippen LogP contribution in [0, 0.1) is 0 Å². The van der Waals surface area contributed by atoms with Gasteiger partial charge in [-0.3, -0.25) is 9.79 Å². The Kier molecular flexibility index (Phi) is 9.28. The quantitative estimate of drug-likeness (QED) is 0.341. The van der Waals surface area contributed by atoms with E-state index in [1.807, 2.05) is 24.3 Å². The number of carbonyl (C=O) groups is 1. The highest BCUT2D eigenvalue weighted by atomic mass is 127. The molecule has 2 aromatic rings. The van der Waals surface area contributed by atoms with Gasteiger partial charge >= 0.3 is 6.61 Å². The molecule has 9 heteroatoms. The van der Waals surface area contributed by atoms with Crippen molar-refractivity contribution in [1.82, 2.24) is 10.6 Å². The SMILES string of the molecule is CN=C(NCC(=O)N1CCCc2ccccc21)NCc1ccccc1OC(F)F.I. The van der Waals surface area contributed by atoms with Gasteiger partial charge in [-0.15, -0.1) is 24.0 Å². The number of amides is 1. The highest BCUT2D eigenvalue weighted by Gasteiger charge is 2.22. The summed E-state index contributed by atoms with van der Waals surface area (Å²) in [7, 11) is 1.58. The van der Waals surface area contributed by atoms with Gasteiger partial charge in [0.1, 0.15) is 5.75 Å². The number of hydrogen-bond acceptors (Lipinski definition) is 3. The first kappa shape index (κ1) is 23.8. The zero-order valence-corrected chi connectivity index (χ0v) is 18.9. The molecule has 0 radical (unpaired) electrons. The minimum atomic E-state index is -2.89. The van der Waals surface area contributed by atoms with Gasteiger partial charge in [-0.25, -0.2) is 0 Å². The number of benzene rings is 2. The summed E-state index contributed by atoms with van der Waals surface area (Å²) in [5, 5.41) is 6.01. The first-order valence-corrected chi connectivity index (χ1v) is 9.44. The Labute approximate surface area is 191 Å². The Bertz CT molecular complexity index is 880. The molecule has 0 saturated heterocycles. The van der Waals surface area contributed by atoms with Crippen LogP contribution < -0.4 is 20.3 Å². The third-order valence-corrected chi connectivity index (χ3v) is 4.68. The summed E-state index contributed by atoms with van der Waals surface area (Å²) in [4.78, 5) is 18.6. The molecule has 6 nitrogen and oxygen atoms in total. The van der Waals surface area contributed by atoms with E-state index >= 15 is 0 Å². The van der Waals surface area contributed by atoms with Crippen molar-refractivity contribution in [2.75, 3.05) is 25.0 Å². The number of nitrogens with one attached hydrogen (secondary N) is 2. The number of aryl methyl sites for hydroxylation is 1. The number of aliphatic imine (C=N–C) groups is 1. The number of guanidine groups is 1. The molecule has 1 aliphatic rings. The summed E-state index contributed by atoms with van der Waals surface area (Å²) < 4.78 is 29.6. The van der Waals surface area contributed by atoms with Crippen LogP contribution in [0.4, 0.5) is 14.5 Å². The minimum Gasteiger partial charge on any atom is -0.434 e. The van der Waals surface area contributed by atoms with Gasteiger partial charge in [0.25, 0.3) is 0 Å². The van der Waals surface area contributed by atoms with Crippen molar-refractivity contribution < 1.29 is 18.3 Å². The van der Waals surface area contributed by atoms with Gasteiger partial charge in [0.15, 0.2) is 5.96 Å². The lowest BCUT2D eigenvalue weighted by molar-refractivity contribution is -0.117. The van der Waals surface area contributed by atoms with Crippen LogP contribution in [0.2, 0.25) is 0 Å². The van der Waals surface area contributed by atoms with E-state index in [2.05, 4.69) is 20.4 Å². The predicted octanol–water partition coefficient (Wildman–Crippen LogP) is 3.55. The summed E-state index contributed by atoms with van der Waals surface area (Å²) in [6.07, 6.45) is 1.90. The first-order chi connectivity index (χ1) is 14.1. The Morgan fingerprint density at radius 1 is 1.17 bits per heavy atom. The van der Waals surface area contributed by atoms with Crippen LogP contribution in [0.15, 0.2) is 53.5 Å². The molecule has 30 heavy (non-hydrogen) atoms. The molecule has 0 fully saturated rings. The van der Waals surface area contributed by atoms with Gasteiger partial charge in [-0.1, -0.05) is 36.4 Å². The Morgan fingerprint density at radius 3 is 2.67 bits per heavy atom. The molecule has 162 valence electrons. The second-order valence-corrected chi connectivity index (χ2v) is 6.54. The van der Waals surface area contributed by atoms with E-state index in [-0.39, 0.29) is 48.7 Å². The lowest BCUT2D eigenvalue weighted by Gasteiger charge is -2.29. The molecular formula is C21H25F2IN4O2. The van der Waals surface area contributed by atoms with Gasteiger partial charge in [0, 0.05) is 31.4 Å². The predicted molar refractivity (Wildman–Crippen MR) is 124 cm³/mol. The number of para-hydroxylation sites is 2. The lowest BCUT2D eigenvalue weighted by Crippen LogP contribution is -2.45. The third kappa shape index (κ3) is 6.28. The van der Waals surface area contributed by atoms with Gasteiger partial charge in [-0.05, 0) is 30.5 Å². The van der Waals surface area contributed by atoms with Crippen LogP contribution in [-0.2, 0) is 17.8 Å². The Morgan fingerprint density at radius 2 is 1.90 bits per heavy atom. The molecule has 0 unspecified atom stereocenters. The van der Waals surface area contributed by atoms with Crippen LogP contribution >= 0.6 is 24.0 Å². The minimum absolute atomic E-state index is 0. The Balaban J connectivity index is 0.00000320. The average molecular weight is 530 g/mol. The molecule has 2 N–H and O–H groups in total. The maximum atomic E-state index is 12.7. The molecule has 0 aliphatic carbocycles. The van der Waals surface area contributed by atoms with Crippen molar-refractivity contribution in [3.8, 4) is 5.75 Å². The van der Waals surface area contributed by atoms with Crippen LogP contribution in [-0.4, -0.2) is 38.6 Å². The smallest absolute Gasteiger partial charge is 0.387 e. The molecule has 0 spiro atoms. The molecular weight excluding hydrogens is 505 g/mol. The van der Waals surface area contributed by atoms with Crippen LogP contribution in [0.5, 0.6) is 5.75 Å². The molecule has 2 aromatic carbocycles. The molecule has 0 saturated carbocycles. The second-order valence-electron chi connectivity index (χ2n) is 6.54. The van der Waals surface area contributed by atoms with E-state index in [1.165, 1.54) is 11.6 Å². The highest BCUT2D eigenvalue weighted by Crippen LogP contribution is 2.26. The van der Waals surface area contributed by atoms with E-state index in [1.54, 1.807) is 30.1 Å². The van der Waals surface area contributed by atoms with Crippen molar-refractivity contribution in [3.63, 3.8) is 0 Å². The number of ether oxygens (including phenoxy) is 1. The van der Waals surface area contributed by atoms with Gasteiger partial charge in [-0.2, -0.15) is 8.78 Å². The topological polar surface area (TPSA) is 66.0 Å². The largest absolute Gasteiger partial charge is 0.434 e. The fourth-order valence-electron chi connectivity index (χ4n) is 3.31. The standard InChI is InChI=1S/C21H24F2N4O2.HI/c1-24-21(25-13-16-8-3-5-11-18(16)29-20(22)23)26-14-19(28)27-12-6-9-15-7-2-4-10-17(15)27;/h2-5,7-8,10-11,20H,6,9,12-14H2,1H3,(H2,24,25,26);1H. The summed E-state index contributed by atoms with van der Waals surface area (Å²) in [5.41, 5.74) is 2.68. The van der Waals surface area contributed by atoms with Crippen molar-refractivity contribution in [2.24, 2.45) is 4.99 Å². The number of halogens is 3. The molecule has 0 atom stereocenters. The average Bonchev–Trinajstić information content (AvgIpc) is 2.74. The van der Waals surface area contributed by atoms with Crippen LogP contribution in [0.3, 0.4) is 0 Å². The molecule has 1 amide bonds. The molecule has 1 aliphatic heterocycles.